The van der Waals surface area contributed by atoms with Gasteiger partial charge in [0, 0.05) is 43.0 Å². The van der Waals surface area contributed by atoms with E-state index in [4.69, 9.17) is 9.47 Å². The molecule has 9 heteroatoms. The third kappa shape index (κ3) is 4.79. The molecule has 0 aliphatic carbocycles. The number of aliphatic imine (C=N–C) groups is 1. The Bertz CT molecular complexity index is 849. The quantitative estimate of drug-likeness (QED) is 0.318. The standard InChI is InChI=1S/C17H21N5O2S.HI/c1-18-16(20-10-13-11-22-6-7-25-17(22)21-13)19-9-12-4-5-14(23-2)8-15(12)24-3;/h4-8,11H,9-10H2,1-3H3,(H2,18,19,20);1H. The Kier molecular flexibility index (Phi) is 7.51. The van der Waals surface area contributed by atoms with Gasteiger partial charge in [0.25, 0.3) is 0 Å². The van der Waals surface area contributed by atoms with Gasteiger partial charge in [-0.1, -0.05) is 0 Å². The van der Waals surface area contributed by atoms with E-state index in [0.717, 1.165) is 27.7 Å². The molecule has 1 aromatic carbocycles. The van der Waals surface area contributed by atoms with Crippen molar-refractivity contribution in [1.82, 2.24) is 20.0 Å². The average molecular weight is 487 g/mol. The number of fused-ring (bicyclic) bond motifs is 1. The number of nitrogens with zero attached hydrogens (tertiary/aromatic N) is 3. The number of benzene rings is 1. The molecule has 0 saturated carbocycles. The number of rotatable bonds is 6. The smallest absolute Gasteiger partial charge is 0.193 e. The molecule has 0 fully saturated rings. The molecule has 140 valence electrons. The van der Waals surface area contributed by atoms with Crippen LogP contribution >= 0.6 is 35.3 Å². The number of halogens is 1. The summed E-state index contributed by atoms with van der Waals surface area (Å²) in [4.78, 5) is 9.78. The van der Waals surface area contributed by atoms with Crippen molar-refractivity contribution in [3.05, 3.63) is 47.2 Å². The van der Waals surface area contributed by atoms with Gasteiger partial charge in [0.1, 0.15) is 11.5 Å². The number of hydrogen-bond donors (Lipinski definition) is 2. The van der Waals surface area contributed by atoms with E-state index in [9.17, 15) is 0 Å². The van der Waals surface area contributed by atoms with Gasteiger partial charge in [-0.05, 0) is 12.1 Å². The Balaban J connectivity index is 0.00000243. The zero-order chi connectivity index (χ0) is 17.6. The molecule has 0 atom stereocenters. The van der Waals surface area contributed by atoms with Crippen LogP contribution in [-0.4, -0.2) is 36.6 Å². The lowest BCUT2D eigenvalue weighted by molar-refractivity contribution is 0.390. The Labute approximate surface area is 173 Å². The van der Waals surface area contributed by atoms with Gasteiger partial charge in [-0.3, -0.25) is 9.39 Å². The number of nitrogens with one attached hydrogen (secondary N) is 2. The van der Waals surface area contributed by atoms with Crippen LogP contribution in [0.1, 0.15) is 11.3 Å². The number of imidazole rings is 1. The molecule has 0 spiro atoms. The van der Waals surface area contributed by atoms with E-state index in [1.54, 1.807) is 32.6 Å². The second-order valence-electron chi connectivity index (χ2n) is 5.28. The Morgan fingerprint density at radius 2 is 2.04 bits per heavy atom. The highest BCUT2D eigenvalue weighted by Crippen LogP contribution is 2.24. The van der Waals surface area contributed by atoms with E-state index in [-0.39, 0.29) is 24.0 Å². The molecular formula is C17H22IN5O2S. The van der Waals surface area contributed by atoms with Crippen LogP contribution < -0.4 is 20.1 Å². The number of methoxy groups -OCH3 is 2. The van der Waals surface area contributed by atoms with Crippen LogP contribution in [0.2, 0.25) is 0 Å². The summed E-state index contributed by atoms with van der Waals surface area (Å²) in [5.74, 6) is 2.24. The minimum Gasteiger partial charge on any atom is -0.497 e. The Hall–Kier alpha value is -2.01. The monoisotopic (exact) mass is 487 g/mol. The predicted molar refractivity (Wildman–Crippen MR) is 115 cm³/mol. The van der Waals surface area contributed by atoms with Crippen molar-refractivity contribution in [2.24, 2.45) is 4.99 Å². The van der Waals surface area contributed by atoms with Crippen molar-refractivity contribution < 1.29 is 9.47 Å². The normalized spacial score (nSPS) is 11.1. The van der Waals surface area contributed by atoms with Crippen molar-refractivity contribution in [2.75, 3.05) is 21.3 Å². The number of aromatic nitrogens is 2. The summed E-state index contributed by atoms with van der Waals surface area (Å²) in [6.07, 6.45) is 4.01. The summed E-state index contributed by atoms with van der Waals surface area (Å²) in [5.41, 5.74) is 1.99. The zero-order valence-corrected chi connectivity index (χ0v) is 18.0. The lowest BCUT2D eigenvalue weighted by Gasteiger charge is -2.14. The number of hydrogen-bond acceptors (Lipinski definition) is 5. The highest BCUT2D eigenvalue weighted by atomic mass is 127. The van der Waals surface area contributed by atoms with Crippen molar-refractivity contribution in [2.45, 2.75) is 13.1 Å². The lowest BCUT2D eigenvalue weighted by atomic mass is 10.2. The highest BCUT2D eigenvalue weighted by molar-refractivity contribution is 14.0. The highest BCUT2D eigenvalue weighted by Gasteiger charge is 2.07. The summed E-state index contributed by atoms with van der Waals surface area (Å²) in [5, 5.41) is 8.57. The van der Waals surface area contributed by atoms with Crippen molar-refractivity contribution in [1.29, 1.82) is 0 Å². The molecule has 3 aromatic rings. The van der Waals surface area contributed by atoms with Gasteiger partial charge in [0.15, 0.2) is 10.9 Å². The molecule has 7 nitrogen and oxygen atoms in total. The van der Waals surface area contributed by atoms with E-state index in [0.29, 0.717) is 19.0 Å². The first kappa shape index (κ1) is 20.3. The first-order chi connectivity index (χ1) is 12.2. The van der Waals surface area contributed by atoms with Crippen LogP contribution in [0.3, 0.4) is 0 Å². The largest absolute Gasteiger partial charge is 0.497 e. The lowest BCUT2D eigenvalue weighted by Crippen LogP contribution is -2.36. The number of ether oxygens (including phenoxy) is 2. The zero-order valence-electron chi connectivity index (χ0n) is 14.9. The second kappa shape index (κ2) is 9.62. The Morgan fingerprint density at radius 1 is 1.23 bits per heavy atom. The van der Waals surface area contributed by atoms with Crippen molar-refractivity contribution >= 4 is 46.2 Å². The Morgan fingerprint density at radius 3 is 2.73 bits per heavy atom. The van der Waals surface area contributed by atoms with E-state index >= 15 is 0 Å². The molecule has 2 heterocycles. The molecule has 0 aliphatic rings. The van der Waals surface area contributed by atoms with Crippen LogP contribution in [0, 0.1) is 0 Å². The summed E-state index contributed by atoms with van der Waals surface area (Å²) < 4.78 is 12.6. The van der Waals surface area contributed by atoms with Crippen LogP contribution in [-0.2, 0) is 13.1 Å². The maximum absolute atomic E-state index is 5.42. The van der Waals surface area contributed by atoms with Gasteiger partial charge in [-0.15, -0.1) is 35.3 Å². The molecule has 26 heavy (non-hydrogen) atoms. The molecule has 0 radical (unpaired) electrons. The average Bonchev–Trinajstić information content (AvgIpc) is 3.23. The van der Waals surface area contributed by atoms with Crippen LogP contribution in [0.5, 0.6) is 11.5 Å². The summed E-state index contributed by atoms with van der Waals surface area (Å²) in [6, 6.07) is 5.75. The summed E-state index contributed by atoms with van der Waals surface area (Å²) in [6.45, 7) is 1.19. The first-order valence-electron chi connectivity index (χ1n) is 7.80. The fraction of sp³-hybridized carbons (Fsp3) is 0.294. The molecule has 2 N–H and O–H groups in total. The predicted octanol–water partition coefficient (Wildman–Crippen LogP) is 2.90. The molecule has 0 amide bonds. The van der Waals surface area contributed by atoms with Crippen LogP contribution in [0.15, 0.2) is 41.0 Å². The fourth-order valence-corrected chi connectivity index (χ4v) is 3.15. The van der Waals surface area contributed by atoms with E-state index in [1.807, 2.05) is 40.4 Å². The molecule has 0 unspecified atom stereocenters. The van der Waals surface area contributed by atoms with Gasteiger partial charge in [0.05, 0.1) is 26.5 Å². The minimum atomic E-state index is 0. The SMILES string of the molecule is CN=C(NCc1cn2ccsc2n1)NCc1ccc(OC)cc1OC.I. The maximum atomic E-state index is 5.42. The van der Waals surface area contributed by atoms with E-state index in [1.165, 1.54) is 0 Å². The number of thiazole rings is 1. The molecule has 0 bridgehead atoms. The third-order valence-electron chi connectivity index (χ3n) is 3.74. The minimum absolute atomic E-state index is 0. The van der Waals surface area contributed by atoms with Crippen molar-refractivity contribution in [3.8, 4) is 11.5 Å². The van der Waals surface area contributed by atoms with Crippen molar-refractivity contribution in [3.63, 3.8) is 0 Å². The van der Waals surface area contributed by atoms with Gasteiger partial charge in [0.2, 0.25) is 0 Å². The van der Waals surface area contributed by atoms with E-state index < -0.39 is 0 Å². The summed E-state index contributed by atoms with van der Waals surface area (Å²) >= 11 is 1.62. The van der Waals surface area contributed by atoms with Crippen LogP contribution in [0.25, 0.3) is 4.96 Å². The summed E-state index contributed by atoms with van der Waals surface area (Å²) in [7, 11) is 5.03. The molecule has 0 aliphatic heterocycles. The van der Waals surface area contributed by atoms with Crippen LogP contribution in [0.4, 0.5) is 0 Å². The topological polar surface area (TPSA) is 72.2 Å². The maximum Gasteiger partial charge on any atom is 0.193 e. The molecular weight excluding hydrogens is 465 g/mol. The first-order valence-corrected chi connectivity index (χ1v) is 8.68. The number of guanidine groups is 1. The molecule has 0 saturated heterocycles. The van der Waals surface area contributed by atoms with Gasteiger partial charge in [-0.2, -0.15) is 0 Å². The van der Waals surface area contributed by atoms with Gasteiger partial charge < -0.3 is 20.1 Å². The molecule has 3 rings (SSSR count). The van der Waals surface area contributed by atoms with Gasteiger partial charge >= 0.3 is 0 Å². The molecule has 2 aromatic heterocycles. The van der Waals surface area contributed by atoms with Gasteiger partial charge in [-0.25, -0.2) is 4.98 Å². The fourth-order valence-electron chi connectivity index (χ4n) is 2.43. The second-order valence-corrected chi connectivity index (χ2v) is 6.16. The third-order valence-corrected chi connectivity index (χ3v) is 4.51. The van der Waals surface area contributed by atoms with E-state index in [2.05, 4.69) is 20.6 Å².